The lowest BCUT2D eigenvalue weighted by atomic mass is 10.3. The van der Waals surface area contributed by atoms with Gasteiger partial charge in [-0.05, 0) is 38.1 Å². The Kier molecular flexibility index (Phi) is 4.37. The number of thiophene rings is 1. The third kappa shape index (κ3) is 3.10. The Balaban J connectivity index is 1.64. The summed E-state index contributed by atoms with van der Waals surface area (Å²) in [6, 6.07) is 3.97. The highest BCUT2D eigenvalue weighted by atomic mass is 35.5. The maximum absolute atomic E-state index is 12.0. The molecule has 3 nitrogen and oxygen atoms in total. The molecule has 2 fully saturated rings. The molecule has 2 aliphatic heterocycles. The van der Waals surface area contributed by atoms with Crippen LogP contribution < -0.4 is 0 Å². The van der Waals surface area contributed by atoms with Crippen molar-refractivity contribution in [1.29, 1.82) is 0 Å². The second-order valence-corrected chi connectivity index (χ2v) is 7.76. The fourth-order valence-electron chi connectivity index (χ4n) is 2.65. The summed E-state index contributed by atoms with van der Waals surface area (Å²) in [5.41, 5.74) is 0. The highest BCUT2D eigenvalue weighted by Gasteiger charge is 2.33. The number of amides is 1. The molecule has 1 unspecified atom stereocenters. The quantitative estimate of drug-likeness (QED) is 0.853. The van der Waals surface area contributed by atoms with Crippen LogP contribution in [0.2, 0.25) is 4.34 Å². The molecule has 1 amide bonds. The zero-order chi connectivity index (χ0) is 13.2. The summed E-state index contributed by atoms with van der Waals surface area (Å²) in [5, 5.41) is 0.174. The van der Waals surface area contributed by atoms with Gasteiger partial charge in [0.15, 0.2) is 0 Å². The van der Waals surface area contributed by atoms with Gasteiger partial charge in [0.05, 0.1) is 10.1 Å². The van der Waals surface area contributed by atoms with E-state index in [0.29, 0.717) is 5.75 Å². The minimum Gasteiger partial charge on any atom is -0.324 e. The van der Waals surface area contributed by atoms with Crippen molar-refractivity contribution < 1.29 is 4.79 Å². The van der Waals surface area contributed by atoms with Gasteiger partial charge in [-0.15, -0.1) is 23.1 Å². The lowest BCUT2D eigenvalue weighted by Gasteiger charge is -2.25. The third-order valence-corrected chi connectivity index (χ3v) is 6.33. The second-order valence-electron chi connectivity index (χ2n) is 4.94. The van der Waals surface area contributed by atoms with Crippen LogP contribution in [0.3, 0.4) is 0 Å². The topological polar surface area (TPSA) is 23.6 Å². The van der Waals surface area contributed by atoms with Gasteiger partial charge in [0, 0.05) is 18.0 Å². The first-order valence-electron chi connectivity index (χ1n) is 6.63. The van der Waals surface area contributed by atoms with Crippen LogP contribution in [0.4, 0.5) is 0 Å². The SMILES string of the molecule is O=C1CSC(c2ccc(Cl)s2)N1CCN1CCCC1. The van der Waals surface area contributed by atoms with Crippen molar-refractivity contribution in [2.45, 2.75) is 18.2 Å². The zero-order valence-electron chi connectivity index (χ0n) is 10.7. The first kappa shape index (κ1) is 13.7. The number of likely N-dealkylation sites (tertiary alicyclic amines) is 1. The first-order chi connectivity index (χ1) is 9.24. The Morgan fingerprint density at radius 1 is 1.26 bits per heavy atom. The number of hydrogen-bond acceptors (Lipinski definition) is 4. The molecule has 3 heterocycles. The van der Waals surface area contributed by atoms with E-state index in [1.165, 1.54) is 30.8 Å². The summed E-state index contributed by atoms with van der Waals surface area (Å²) >= 11 is 9.30. The number of carbonyl (C=O) groups is 1. The molecule has 104 valence electrons. The van der Waals surface area contributed by atoms with E-state index in [0.717, 1.165) is 17.4 Å². The average Bonchev–Trinajstić information content (AvgIpc) is 3.08. The van der Waals surface area contributed by atoms with Crippen molar-refractivity contribution in [3.63, 3.8) is 0 Å². The van der Waals surface area contributed by atoms with E-state index in [-0.39, 0.29) is 11.3 Å². The predicted molar refractivity (Wildman–Crippen MR) is 81.9 cm³/mol. The molecule has 0 aliphatic carbocycles. The molecule has 0 N–H and O–H groups in total. The van der Waals surface area contributed by atoms with Gasteiger partial charge in [-0.1, -0.05) is 11.6 Å². The third-order valence-electron chi connectivity index (χ3n) is 3.66. The molecule has 1 atom stereocenters. The Bertz CT molecular complexity index is 459. The van der Waals surface area contributed by atoms with Gasteiger partial charge in [0.25, 0.3) is 0 Å². The summed E-state index contributed by atoms with van der Waals surface area (Å²) in [5.74, 6) is 0.860. The van der Waals surface area contributed by atoms with Crippen molar-refractivity contribution in [2.75, 3.05) is 31.9 Å². The van der Waals surface area contributed by atoms with Crippen molar-refractivity contribution >= 4 is 40.6 Å². The lowest BCUT2D eigenvalue weighted by molar-refractivity contribution is -0.128. The highest BCUT2D eigenvalue weighted by molar-refractivity contribution is 8.00. The second kappa shape index (κ2) is 6.04. The van der Waals surface area contributed by atoms with E-state index in [1.807, 2.05) is 17.0 Å². The predicted octanol–water partition coefficient (Wildman–Crippen LogP) is 3.07. The molecular formula is C13H17ClN2OS2. The van der Waals surface area contributed by atoms with E-state index in [2.05, 4.69) is 4.90 Å². The number of rotatable bonds is 4. The van der Waals surface area contributed by atoms with Gasteiger partial charge >= 0.3 is 0 Å². The van der Waals surface area contributed by atoms with Crippen LogP contribution in [-0.4, -0.2) is 47.6 Å². The van der Waals surface area contributed by atoms with Gasteiger partial charge in [0.2, 0.25) is 5.91 Å². The Labute approximate surface area is 126 Å². The molecule has 3 rings (SSSR count). The molecule has 2 aliphatic rings. The van der Waals surface area contributed by atoms with Gasteiger partial charge in [-0.3, -0.25) is 4.79 Å². The van der Waals surface area contributed by atoms with E-state index >= 15 is 0 Å². The minimum atomic E-state index is 0.174. The molecule has 19 heavy (non-hydrogen) atoms. The highest BCUT2D eigenvalue weighted by Crippen LogP contribution is 2.42. The van der Waals surface area contributed by atoms with Crippen LogP contribution >= 0.6 is 34.7 Å². The fourth-order valence-corrected chi connectivity index (χ4v) is 5.16. The van der Waals surface area contributed by atoms with Crippen molar-refractivity contribution in [3.05, 3.63) is 21.3 Å². The van der Waals surface area contributed by atoms with Crippen molar-refractivity contribution in [1.82, 2.24) is 9.80 Å². The minimum absolute atomic E-state index is 0.174. The summed E-state index contributed by atoms with van der Waals surface area (Å²) < 4.78 is 0.800. The van der Waals surface area contributed by atoms with Crippen molar-refractivity contribution in [3.8, 4) is 0 Å². The van der Waals surface area contributed by atoms with Gasteiger partial charge in [0.1, 0.15) is 5.37 Å². The smallest absolute Gasteiger partial charge is 0.233 e. The Hall–Kier alpha value is -0.230. The van der Waals surface area contributed by atoms with Crippen LogP contribution in [0.5, 0.6) is 0 Å². The van der Waals surface area contributed by atoms with Crippen LogP contribution in [0.15, 0.2) is 12.1 Å². The molecule has 0 radical (unpaired) electrons. The van der Waals surface area contributed by atoms with E-state index in [1.54, 1.807) is 23.1 Å². The Morgan fingerprint density at radius 2 is 2.05 bits per heavy atom. The average molecular weight is 317 g/mol. The van der Waals surface area contributed by atoms with Gasteiger partial charge in [-0.2, -0.15) is 0 Å². The van der Waals surface area contributed by atoms with Crippen LogP contribution in [0.1, 0.15) is 23.1 Å². The zero-order valence-corrected chi connectivity index (χ0v) is 13.1. The molecule has 1 aromatic rings. The standard InChI is InChI=1S/C13H17ClN2OS2/c14-11-4-3-10(19-11)13-16(12(17)9-18-13)8-7-15-5-1-2-6-15/h3-4,13H,1-2,5-9H2. The van der Waals surface area contributed by atoms with Gasteiger partial charge in [-0.25, -0.2) is 0 Å². The molecule has 1 aromatic heterocycles. The molecule has 2 saturated heterocycles. The summed E-state index contributed by atoms with van der Waals surface area (Å²) in [6.07, 6.45) is 2.60. The van der Waals surface area contributed by atoms with E-state index < -0.39 is 0 Å². The number of thioether (sulfide) groups is 1. The fraction of sp³-hybridized carbons (Fsp3) is 0.615. The van der Waals surface area contributed by atoms with Gasteiger partial charge < -0.3 is 9.80 Å². The summed E-state index contributed by atoms with van der Waals surface area (Å²) in [4.78, 5) is 17.7. The molecular weight excluding hydrogens is 300 g/mol. The monoisotopic (exact) mass is 316 g/mol. The largest absolute Gasteiger partial charge is 0.324 e. The molecule has 0 bridgehead atoms. The summed E-state index contributed by atoms with van der Waals surface area (Å²) in [6.45, 7) is 4.21. The van der Waals surface area contributed by atoms with Crippen LogP contribution in [-0.2, 0) is 4.79 Å². The molecule has 6 heteroatoms. The molecule has 0 saturated carbocycles. The van der Waals surface area contributed by atoms with Crippen LogP contribution in [0, 0.1) is 0 Å². The number of halogens is 1. The van der Waals surface area contributed by atoms with E-state index in [4.69, 9.17) is 11.6 Å². The lowest BCUT2D eigenvalue weighted by Crippen LogP contribution is -2.36. The number of carbonyl (C=O) groups excluding carboxylic acids is 1. The molecule has 0 aromatic carbocycles. The molecule has 0 spiro atoms. The normalized spacial score (nSPS) is 24.6. The number of hydrogen-bond donors (Lipinski definition) is 0. The van der Waals surface area contributed by atoms with Crippen LogP contribution in [0.25, 0.3) is 0 Å². The first-order valence-corrected chi connectivity index (χ1v) is 8.87. The maximum atomic E-state index is 12.0. The maximum Gasteiger partial charge on any atom is 0.233 e. The van der Waals surface area contributed by atoms with E-state index in [9.17, 15) is 4.79 Å². The Morgan fingerprint density at radius 3 is 2.74 bits per heavy atom. The van der Waals surface area contributed by atoms with Crippen molar-refractivity contribution in [2.24, 2.45) is 0 Å². The summed E-state index contributed by atoms with van der Waals surface area (Å²) in [7, 11) is 0. The number of nitrogens with zero attached hydrogens (tertiary/aromatic N) is 2.